The van der Waals surface area contributed by atoms with Gasteiger partial charge in [-0.2, -0.15) is 4.68 Å². The van der Waals surface area contributed by atoms with Crippen molar-refractivity contribution in [3.63, 3.8) is 0 Å². The van der Waals surface area contributed by atoms with Gasteiger partial charge in [-0.3, -0.25) is 14.9 Å². The summed E-state index contributed by atoms with van der Waals surface area (Å²) in [6.07, 6.45) is 3.30. The Kier molecular flexibility index (Phi) is 5.02. The van der Waals surface area contributed by atoms with Gasteiger partial charge in [0.05, 0.1) is 16.4 Å². The number of amides is 1. The Morgan fingerprint density at radius 1 is 1.21 bits per heavy atom. The number of thioether (sulfide) groups is 1. The molecule has 1 aliphatic carbocycles. The number of para-hydroxylation sites is 2. The normalized spacial score (nSPS) is 12.6. The summed E-state index contributed by atoms with van der Waals surface area (Å²) in [5.74, 6) is -0.347. The third-order valence-corrected chi connectivity index (χ3v) is 5.39. The number of nitrogens with one attached hydrogen (secondary N) is 1. The molecule has 0 unspecified atom stereocenters. The van der Waals surface area contributed by atoms with Crippen LogP contribution in [-0.2, 0) is 17.6 Å². The summed E-state index contributed by atoms with van der Waals surface area (Å²) >= 11 is 1.17. The first-order valence-electron chi connectivity index (χ1n) is 8.68. The van der Waals surface area contributed by atoms with Crippen LogP contribution in [0.2, 0.25) is 0 Å². The first kappa shape index (κ1) is 18.1. The van der Waals surface area contributed by atoms with Crippen LogP contribution in [0, 0.1) is 10.1 Å². The average molecular weight is 396 g/mol. The number of benzene rings is 2. The molecule has 0 atom stereocenters. The van der Waals surface area contributed by atoms with Crippen molar-refractivity contribution in [2.45, 2.75) is 24.4 Å². The van der Waals surface area contributed by atoms with Gasteiger partial charge in [0, 0.05) is 6.07 Å². The number of carbonyl (C=O) groups excluding carboxylic acids is 1. The van der Waals surface area contributed by atoms with Gasteiger partial charge in [-0.15, -0.1) is 5.10 Å². The largest absolute Gasteiger partial charge is 0.320 e. The van der Waals surface area contributed by atoms with Crippen molar-refractivity contribution in [2.24, 2.45) is 0 Å². The lowest BCUT2D eigenvalue weighted by Gasteiger charge is -2.07. The summed E-state index contributed by atoms with van der Waals surface area (Å²) < 4.78 is 1.60. The molecule has 1 amide bonds. The van der Waals surface area contributed by atoms with E-state index in [2.05, 4.69) is 33.0 Å². The number of fused-ring (bicyclic) bond motifs is 1. The van der Waals surface area contributed by atoms with Gasteiger partial charge < -0.3 is 5.32 Å². The molecule has 4 rings (SSSR count). The van der Waals surface area contributed by atoms with Crippen LogP contribution in [0.3, 0.4) is 0 Å². The van der Waals surface area contributed by atoms with Crippen LogP contribution < -0.4 is 5.32 Å². The Bertz CT molecular complexity index is 1050. The van der Waals surface area contributed by atoms with Gasteiger partial charge in [0.15, 0.2) is 0 Å². The third-order valence-electron chi connectivity index (χ3n) is 4.47. The quantitative estimate of drug-likeness (QED) is 0.387. The number of nitro benzene ring substituents is 1. The van der Waals surface area contributed by atoms with Crippen molar-refractivity contribution in [1.29, 1.82) is 0 Å². The van der Waals surface area contributed by atoms with E-state index in [1.54, 1.807) is 16.8 Å². The van der Waals surface area contributed by atoms with E-state index in [9.17, 15) is 14.9 Å². The van der Waals surface area contributed by atoms with Crippen LogP contribution in [0.5, 0.6) is 0 Å². The lowest BCUT2D eigenvalue weighted by atomic mass is 10.1. The van der Waals surface area contributed by atoms with Gasteiger partial charge in [-0.25, -0.2) is 0 Å². The summed E-state index contributed by atoms with van der Waals surface area (Å²) in [5.41, 5.74) is 3.53. The van der Waals surface area contributed by atoms with Crippen molar-refractivity contribution < 1.29 is 9.72 Å². The summed E-state index contributed by atoms with van der Waals surface area (Å²) in [5, 5.41) is 25.8. The Hall–Kier alpha value is -3.27. The van der Waals surface area contributed by atoms with E-state index in [0.717, 1.165) is 24.9 Å². The van der Waals surface area contributed by atoms with Crippen LogP contribution in [0.15, 0.2) is 47.6 Å². The fraction of sp³-hybridized carbons (Fsp3) is 0.222. The van der Waals surface area contributed by atoms with E-state index >= 15 is 0 Å². The van der Waals surface area contributed by atoms with E-state index in [0.29, 0.717) is 5.16 Å². The SMILES string of the molecule is O=C(CSc1nnnn1-c1ccc2c(c1)CCC2)Nc1ccccc1[N+](=O)[O-]. The molecule has 1 aromatic heterocycles. The van der Waals surface area contributed by atoms with Crippen LogP contribution in [0.4, 0.5) is 11.4 Å². The second-order valence-corrected chi connectivity index (χ2v) is 7.23. The Morgan fingerprint density at radius 3 is 2.89 bits per heavy atom. The first-order chi connectivity index (χ1) is 13.6. The van der Waals surface area contributed by atoms with Crippen molar-refractivity contribution in [1.82, 2.24) is 20.2 Å². The van der Waals surface area contributed by atoms with Crippen LogP contribution in [0.25, 0.3) is 5.69 Å². The standard InChI is InChI=1S/C18H16N6O3S/c25-17(19-15-6-1-2-7-16(15)24(26)27)11-28-18-20-21-22-23(18)14-9-8-12-4-3-5-13(12)10-14/h1-2,6-10H,3-5,11H2,(H,19,25). The molecule has 3 aromatic rings. The minimum Gasteiger partial charge on any atom is -0.320 e. The van der Waals surface area contributed by atoms with Gasteiger partial charge in [-0.05, 0) is 59.0 Å². The molecule has 9 nitrogen and oxygen atoms in total. The number of aromatic nitrogens is 4. The maximum absolute atomic E-state index is 12.3. The average Bonchev–Trinajstić information content (AvgIpc) is 3.35. The molecule has 1 heterocycles. The van der Waals surface area contributed by atoms with E-state index in [4.69, 9.17) is 0 Å². The van der Waals surface area contributed by atoms with Crippen molar-refractivity contribution >= 4 is 29.0 Å². The number of tetrazole rings is 1. The van der Waals surface area contributed by atoms with E-state index in [1.807, 2.05) is 6.07 Å². The fourth-order valence-corrected chi connectivity index (χ4v) is 3.87. The minimum atomic E-state index is -0.531. The Morgan fingerprint density at radius 2 is 2.04 bits per heavy atom. The van der Waals surface area contributed by atoms with E-state index in [1.165, 1.54) is 35.0 Å². The minimum absolute atomic E-state index is 0.0252. The maximum Gasteiger partial charge on any atom is 0.292 e. The number of anilines is 1. The second kappa shape index (κ2) is 7.77. The Balaban J connectivity index is 1.45. The lowest BCUT2D eigenvalue weighted by molar-refractivity contribution is -0.383. The third kappa shape index (κ3) is 3.72. The number of aryl methyl sites for hydroxylation is 2. The number of hydrogen-bond acceptors (Lipinski definition) is 7. The molecule has 142 valence electrons. The molecule has 10 heteroatoms. The molecular weight excluding hydrogens is 380 g/mol. The summed E-state index contributed by atoms with van der Waals surface area (Å²) in [4.78, 5) is 22.8. The highest BCUT2D eigenvalue weighted by molar-refractivity contribution is 7.99. The second-order valence-electron chi connectivity index (χ2n) is 6.29. The molecule has 0 fully saturated rings. The zero-order valence-corrected chi connectivity index (χ0v) is 15.6. The van der Waals surface area contributed by atoms with E-state index < -0.39 is 4.92 Å². The van der Waals surface area contributed by atoms with Crippen LogP contribution in [0.1, 0.15) is 17.5 Å². The number of nitrogens with zero attached hydrogens (tertiary/aromatic N) is 5. The molecule has 28 heavy (non-hydrogen) atoms. The zero-order valence-electron chi connectivity index (χ0n) is 14.7. The topological polar surface area (TPSA) is 116 Å². The van der Waals surface area contributed by atoms with Crippen LogP contribution in [-0.4, -0.2) is 36.8 Å². The van der Waals surface area contributed by atoms with Crippen molar-refractivity contribution in [3.8, 4) is 5.69 Å². The maximum atomic E-state index is 12.3. The molecule has 0 saturated carbocycles. The van der Waals surface area contributed by atoms with Gasteiger partial charge in [0.1, 0.15) is 5.69 Å². The molecule has 0 bridgehead atoms. The smallest absolute Gasteiger partial charge is 0.292 e. The Labute approximate surface area is 164 Å². The van der Waals surface area contributed by atoms with Gasteiger partial charge in [-0.1, -0.05) is 30.0 Å². The number of carbonyl (C=O) groups is 1. The summed E-state index contributed by atoms with van der Waals surface area (Å²) in [7, 11) is 0. The molecule has 0 radical (unpaired) electrons. The number of hydrogen-bond donors (Lipinski definition) is 1. The molecule has 0 aliphatic heterocycles. The zero-order chi connectivity index (χ0) is 19.5. The van der Waals surface area contributed by atoms with Gasteiger partial charge in [0.2, 0.25) is 11.1 Å². The van der Waals surface area contributed by atoms with Gasteiger partial charge >= 0.3 is 0 Å². The van der Waals surface area contributed by atoms with E-state index in [-0.39, 0.29) is 23.0 Å². The lowest BCUT2D eigenvalue weighted by Crippen LogP contribution is -2.15. The number of nitro groups is 1. The predicted molar refractivity (Wildman–Crippen MR) is 104 cm³/mol. The molecular formula is C18H16N6O3S. The van der Waals surface area contributed by atoms with Crippen molar-refractivity contribution in [2.75, 3.05) is 11.1 Å². The molecule has 0 saturated heterocycles. The number of rotatable bonds is 6. The highest BCUT2D eigenvalue weighted by Crippen LogP contribution is 2.27. The molecule has 2 aromatic carbocycles. The molecule has 1 N–H and O–H groups in total. The first-order valence-corrected chi connectivity index (χ1v) is 9.67. The van der Waals surface area contributed by atoms with Gasteiger partial charge in [0.25, 0.3) is 5.69 Å². The van der Waals surface area contributed by atoms with Crippen LogP contribution >= 0.6 is 11.8 Å². The molecule has 1 aliphatic rings. The monoisotopic (exact) mass is 396 g/mol. The fourth-order valence-electron chi connectivity index (χ4n) is 3.18. The summed E-state index contributed by atoms with van der Waals surface area (Å²) in [6, 6.07) is 12.2. The molecule has 0 spiro atoms. The van der Waals surface area contributed by atoms with Crippen molar-refractivity contribution in [3.05, 3.63) is 63.7 Å². The predicted octanol–water partition coefficient (Wildman–Crippen LogP) is 2.79. The summed E-state index contributed by atoms with van der Waals surface area (Å²) in [6.45, 7) is 0. The highest BCUT2D eigenvalue weighted by Gasteiger charge is 2.17. The highest BCUT2D eigenvalue weighted by atomic mass is 32.2.